The summed E-state index contributed by atoms with van der Waals surface area (Å²) in [7, 11) is 3.20. The SMILES string of the molecule is CC[C@@H]([NH2+]CC(=O)NCc1ccc(OC)c(OC)c1)c1ccc(Br)cc1. The fourth-order valence-corrected chi connectivity index (χ4v) is 3.03. The van der Waals surface area contributed by atoms with Gasteiger partial charge in [0.15, 0.2) is 18.0 Å². The van der Waals surface area contributed by atoms with Crippen LogP contribution in [0.2, 0.25) is 0 Å². The zero-order chi connectivity index (χ0) is 18.9. The van der Waals surface area contributed by atoms with Crippen molar-refractivity contribution in [3.05, 3.63) is 58.1 Å². The number of nitrogens with one attached hydrogen (secondary N) is 1. The average Bonchev–Trinajstić information content (AvgIpc) is 2.67. The van der Waals surface area contributed by atoms with Gasteiger partial charge in [-0.25, -0.2) is 0 Å². The molecule has 0 bridgehead atoms. The summed E-state index contributed by atoms with van der Waals surface area (Å²) < 4.78 is 11.6. The molecule has 0 aliphatic heterocycles. The molecule has 1 amide bonds. The standard InChI is InChI=1S/C20H25BrN2O3/c1-4-17(15-6-8-16(21)9-7-15)22-13-20(24)23-12-14-5-10-18(25-2)19(11-14)26-3/h5-11,17,22H,4,12-13H2,1-3H3,(H,23,24)/p+1/t17-/m1/s1. The number of carbonyl (C=O) groups is 1. The molecule has 0 saturated heterocycles. The fraction of sp³-hybridized carbons (Fsp3) is 0.350. The number of halogens is 1. The van der Waals surface area contributed by atoms with Crippen molar-refractivity contribution in [1.82, 2.24) is 5.32 Å². The maximum Gasteiger partial charge on any atom is 0.275 e. The lowest BCUT2D eigenvalue weighted by molar-refractivity contribution is -0.686. The molecule has 2 aromatic rings. The number of ether oxygens (including phenoxy) is 2. The highest BCUT2D eigenvalue weighted by Gasteiger charge is 2.14. The quantitative estimate of drug-likeness (QED) is 0.654. The first kappa shape index (κ1) is 20.3. The van der Waals surface area contributed by atoms with E-state index >= 15 is 0 Å². The third-order valence-electron chi connectivity index (χ3n) is 4.26. The van der Waals surface area contributed by atoms with Gasteiger partial charge in [0, 0.05) is 23.0 Å². The van der Waals surface area contributed by atoms with Crippen LogP contribution in [0.1, 0.15) is 30.5 Å². The molecular formula is C20H26BrN2O3+. The molecule has 0 spiro atoms. The van der Waals surface area contributed by atoms with E-state index in [1.54, 1.807) is 14.2 Å². The highest BCUT2D eigenvalue weighted by atomic mass is 79.9. The number of benzene rings is 2. The number of hydrogen-bond acceptors (Lipinski definition) is 3. The second-order valence-electron chi connectivity index (χ2n) is 5.97. The van der Waals surface area contributed by atoms with Gasteiger partial charge in [-0.1, -0.05) is 41.1 Å². The molecule has 0 saturated carbocycles. The zero-order valence-electron chi connectivity index (χ0n) is 15.4. The van der Waals surface area contributed by atoms with E-state index in [2.05, 4.69) is 45.6 Å². The van der Waals surface area contributed by atoms with Gasteiger partial charge in [-0.2, -0.15) is 0 Å². The van der Waals surface area contributed by atoms with Crippen molar-refractivity contribution >= 4 is 21.8 Å². The number of methoxy groups -OCH3 is 2. The second-order valence-corrected chi connectivity index (χ2v) is 6.89. The predicted octanol–water partition coefficient (Wildman–Crippen LogP) is 2.80. The molecule has 0 heterocycles. The van der Waals surface area contributed by atoms with Gasteiger partial charge in [0.1, 0.15) is 6.04 Å². The number of rotatable bonds is 9. The van der Waals surface area contributed by atoms with Gasteiger partial charge in [-0.15, -0.1) is 0 Å². The van der Waals surface area contributed by atoms with Gasteiger partial charge < -0.3 is 20.1 Å². The molecule has 5 nitrogen and oxygen atoms in total. The first-order valence-corrected chi connectivity index (χ1v) is 9.43. The topological polar surface area (TPSA) is 64.2 Å². The van der Waals surface area contributed by atoms with E-state index in [0.29, 0.717) is 24.6 Å². The van der Waals surface area contributed by atoms with Crippen molar-refractivity contribution in [3.8, 4) is 11.5 Å². The minimum absolute atomic E-state index is 0.00958. The van der Waals surface area contributed by atoms with Crippen molar-refractivity contribution in [2.75, 3.05) is 20.8 Å². The first-order valence-electron chi connectivity index (χ1n) is 8.63. The summed E-state index contributed by atoms with van der Waals surface area (Å²) in [5, 5.41) is 5.03. The molecule has 2 aromatic carbocycles. The van der Waals surface area contributed by atoms with Crippen molar-refractivity contribution in [1.29, 1.82) is 0 Å². The van der Waals surface area contributed by atoms with Crippen LogP contribution in [0.5, 0.6) is 11.5 Å². The molecule has 0 aliphatic carbocycles. The van der Waals surface area contributed by atoms with E-state index in [4.69, 9.17) is 9.47 Å². The molecule has 0 aromatic heterocycles. The molecule has 2 rings (SSSR count). The van der Waals surface area contributed by atoms with E-state index in [9.17, 15) is 4.79 Å². The van der Waals surface area contributed by atoms with Gasteiger partial charge >= 0.3 is 0 Å². The van der Waals surface area contributed by atoms with Crippen molar-refractivity contribution in [2.45, 2.75) is 25.9 Å². The monoisotopic (exact) mass is 421 g/mol. The molecular weight excluding hydrogens is 396 g/mol. The number of nitrogens with two attached hydrogens (primary N) is 1. The first-order chi connectivity index (χ1) is 12.6. The van der Waals surface area contributed by atoms with Crippen LogP contribution in [-0.2, 0) is 11.3 Å². The molecule has 1 atom stereocenters. The minimum atomic E-state index is 0.00958. The summed E-state index contributed by atoms with van der Waals surface area (Å²) in [6.45, 7) is 2.98. The van der Waals surface area contributed by atoms with Crippen molar-refractivity contribution in [3.63, 3.8) is 0 Å². The molecule has 140 valence electrons. The lowest BCUT2D eigenvalue weighted by Gasteiger charge is -2.14. The Hall–Kier alpha value is -2.05. The number of amides is 1. The van der Waals surface area contributed by atoms with Gasteiger partial charge in [-0.3, -0.25) is 4.79 Å². The number of hydrogen-bond donors (Lipinski definition) is 2. The van der Waals surface area contributed by atoms with Gasteiger partial charge in [0.2, 0.25) is 0 Å². The third-order valence-corrected chi connectivity index (χ3v) is 4.79. The second kappa shape index (κ2) is 10.2. The molecule has 0 radical (unpaired) electrons. The molecule has 0 fully saturated rings. The van der Waals surface area contributed by atoms with Crippen LogP contribution >= 0.6 is 15.9 Å². The van der Waals surface area contributed by atoms with Gasteiger partial charge in [-0.05, 0) is 29.8 Å². The lowest BCUT2D eigenvalue weighted by Crippen LogP contribution is -2.87. The van der Waals surface area contributed by atoms with Crippen LogP contribution in [0, 0.1) is 0 Å². The molecule has 3 N–H and O–H groups in total. The predicted molar refractivity (Wildman–Crippen MR) is 105 cm³/mol. The number of quaternary nitrogens is 1. The van der Waals surface area contributed by atoms with Gasteiger partial charge in [0.05, 0.1) is 14.2 Å². The molecule has 0 unspecified atom stereocenters. The maximum atomic E-state index is 12.2. The fourth-order valence-electron chi connectivity index (χ4n) is 2.76. The van der Waals surface area contributed by atoms with E-state index in [1.165, 1.54) is 5.56 Å². The molecule has 0 aliphatic rings. The normalized spacial score (nSPS) is 11.7. The van der Waals surface area contributed by atoms with E-state index in [-0.39, 0.29) is 11.9 Å². The lowest BCUT2D eigenvalue weighted by atomic mass is 10.0. The van der Waals surface area contributed by atoms with Crippen LogP contribution in [0.25, 0.3) is 0 Å². The Morgan fingerprint density at radius 1 is 1.12 bits per heavy atom. The third kappa shape index (κ3) is 5.75. The number of carbonyl (C=O) groups excluding carboxylic acids is 1. The van der Waals surface area contributed by atoms with Crippen molar-refractivity contribution in [2.24, 2.45) is 0 Å². The Morgan fingerprint density at radius 2 is 1.81 bits per heavy atom. The van der Waals surface area contributed by atoms with Crippen LogP contribution in [0.15, 0.2) is 46.9 Å². The highest BCUT2D eigenvalue weighted by Crippen LogP contribution is 2.27. The summed E-state index contributed by atoms with van der Waals surface area (Å²) in [5.41, 5.74) is 2.19. The summed E-state index contributed by atoms with van der Waals surface area (Å²) in [6, 6.07) is 14.2. The van der Waals surface area contributed by atoms with Crippen LogP contribution in [-0.4, -0.2) is 26.7 Å². The zero-order valence-corrected chi connectivity index (χ0v) is 17.0. The molecule has 6 heteroatoms. The summed E-state index contributed by atoms with van der Waals surface area (Å²) >= 11 is 3.45. The Labute approximate surface area is 163 Å². The maximum absolute atomic E-state index is 12.2. The summed E-state index contributed by atoms with van der Waals surface area (Å²) in [4.78, 5) is 12.2. The van der Waals surface area contributed by atoms with E-state index < -0.39 is 0 Å². The molecule has 26 heavy (non-hydrogen) atoms. The van der Waals surface area contributed by atoms with Crippen molar-refractivity contribution < 1.29 is 19.6 Å². The minimum Gasteiger partial charge on any atom is -0.493 e. The van der Waals surface area contributed by atoms with Crippen LogP contribution in [0.3, 0.4) is 0 Å². The Morgan fingerprint density at radius 3 is 2.42 bits per heavy atom. The van der Waals surface area contributed by atoms with Crippen LogP contribution in [0.4, 0.5) is 0 Å². The van der Waals surface area contributed by atoms with E-state index in [0.717, 1.165) is 16.5 Å². The Balaban J connectivity index is 1.85. The Bertz CT molecular complexity index is 719. The Kier molecular flexibility index (Phi) is 7.94. The smallest absolute Gasteiger partial charge is 0.275 e. The summed E-state index contributed by atoms with van der Waals surface area (Å²) in [5.74, 6) is 1.35. The van der Waals surface area contributed by atoms with Gasteiger partial charge in [0.25, 0.3) is 5.91 Å². The van der Waals surface area contributed by atoms with Crippen LogP contribution < -0.4 is 20.1 Å². The van der Waals surface area contributed by atoms with E-state index in [1.807, 2.05) is 30.3 Å². The highest BCUT2D eigenvalue weighted by molar-refractivity contribution is 9.10. The summed E-state index contributed by atoms with van der Waals surface area (Å²) in [6.07, 6.45) is 0.963. The largest absolute Gasteiger partial charge is 0.493 e. The average molecular weight is 422 g/mol.